The highest BCUT2D eigenvalue weighted by Gasteiger charge is 2.11. The average Bonchev–Trinajstić information content (AvgIpc) is 2.04. The zero-order chi connectivity index (χ0) is 10.4. The van der Waals surface area contributed by atoms with Gasteiger partial charge in [0.1, 0.15) is 0 Å². The van der Waals surface area contributed by atoms with Crippen molar-refractivity contribution >= 4 is 0 Å². The van der Waals surface area contributed by atoms with Crippen LogP contribution in [-0.2, 0) is 0 Å². The number of hydrogen-bond acceptors (Lipinski definition) is 1. The number of nitrogens with zero attached hydrogens (tertiary/aromatic N) is 1. The minimum absolute atomic E-state index is 0.698. The monoisotopic (exact) mass is 185 g/mol. The highest BCUT2D eigenvalue weighted by Crippen LogP contribution is 2.15. The Morgan fingerprint density at radius 2 is 1.54 bits per heavy atom. The largest absolute Gasteiger partial charge is 0.301 e. The Morgan fingerprint density at radius 3 is 1.85 bits per heavy atom. The Kier molecular flexibility index (Phi) is 6.40. The molecule has 0 aromatic heterocycles. The summed E-state index contributed by atoms with van der Waals surface area (Å²) in [6, 6.07) is 0.698. The summed E-state index contributed by atoms with van der Waals surface area (Å²) in [6.07, 6.45) is 1.34. The molecule has 0 aromatic rings. The maximum absolute atomic E-state index is 2.54. The van der Waals surface area contributed by atoms with Crippen molar-refractivity contribution in [2.24, 2.45) is 11.8 Å². The third-order valence-electron chi connectivity index (χ3n) is 3.15. The molecule has 0 aromatic carbocycles. The molecule has 0 radical (unpaired) electrons. The van der Waals surface area contributed by atoms with Gasteiger partial charge in [0.05, 0.1) is 0 Å². The lowest BCUT2D eigenvalue weighted by Crippen LogP contribution is -2.32. The van der Waals surface area contributed by atoms with Gasteiger partial charge in [-0.25, -0.2) is 0 Å². The SMILES string of the molecule is CCN(CCC(C)C(C)C)C(C)C. The predicted octanol–water partition coefficient (Wildman–Crippen LogP) is 3.40. The van der Waals surface area contributed by atoms with Crippen LogP contribution in [0.15, 0.2) is 0 Å². The molecule has 0 heterocycles. The molecule has 1 unspecified atom stereocenters. The molecule has 0 fully saturated rings. The van der Waals surface area contributed by atoms with E-state index in [4.69, 9.17) is 0 Å². The quantitative estimate of drug-likeness (QED) is 0.613. The van der Waals surface area contributed by atoms with Crippen LogP contribution in [0.25, 0.3) is 0 Å². The van der Waals surface area contributed by atoms with Crippen LogP contribution in [0.5, 0.6) is 0 Å². The number of rotatable bonds is 6. The van der Waals surface area contributed by atoms with Crippen molar-refractivity contribution in [1.29, 1.82) is 0 Å². The first-order valence-corrected chi connectivity index (χ1v) is 5.73. The maximum Gasteiger partial charge on any atom is 0.00384 e. The van der Waals surface area contributed by atoms with E-state index in [0.717, 1.165) is 11.8 Å². The van der Waals surface area contributed by atoms with Crippen LogP contribution in [0.2, 0.25) is 0 Å². The van der Waals surface area contributed by atoms with Gasteiger partial charge in [-0.3, -0.25) is 0 Å². The molecule has 0 aliphatic carbocycles. The Bertz CT molecular complexity index is 118. The lowest BCUT2D eigenvalue weighted by molar-refractivity contribution is 0.208. The summed E-state index contributed by atoms with van der Waals surface area (Å²) in [5, 5.41) is 0. The van der Waals surface area contributed by atoms with Crippen molar-refractivity contribution < 1.29 is 0 Å². The fraction of sp³-hybridized carbons (Fsp3) is 1.00. The summed E-state index contributed by atoms with van der Waals surface area (Å²) in [5.74, 6) is 1.68. The van der Waals surface area contributed by atoms with E-state index in [9.17, 15) is 0 Å². The van der Waals surface area contributed by atoms with Crippen molar-refractivity contribution in [3.05, 3.63) is 0 Å². The lowest BCUT2D eigenvalue weighted by atomic mass is 9.94. The normalized spacial score (nSPS) is 14.5. The summed E-state index contributed by atoms with van der Waals surface area (Å²) in [4.78, 5) is 2.54. The molecule has 0 spiro atoms. The van der Waals surface area contributed by atoms with E-state index >= 15 is 0 Å². The first-order valence-electron chi connectivity index (χ1n) is 5.73. The van der Waals surface area contributed by atoms with Crippen LogP contribution >= 0.6 is 0 Å². The van der Waals surface area contributed by atoms with E-state index in [1.807, 2.05) is 0 Å². The average molecular weight is 185 g/mol. The van der Waals surface area contributed by atoms with Crippen molar-refractivity contribution in [2.45, 2.75) is 54.0 Å². The predicted molar refractivity (Wildman–Crippen MR) is 61.0 cm³/mol. The second-order valence-electron chi connectivity index (χ2n) is 4.73. The van der Waals surface area contributed by atoms with Gasteiger partial charge in [0, 0.05) is 6.04 Å². The van der Waals surface area contributed by atoms with Crippen LogP contribution < -0.4 is 0 Å². The van der Waals surface area contributed by atoms with Gasteiger partial charge in [-0.1, -0.05) is 27.7 Å². The highest BCUT2D eigenvalue weighted by molar-refractivity contribution is 4.64. The van der Waals surface area contributed by atoms with Gasteiger partial charge in [0.25, 0.3) is 0 Å². The van der Waals surface area contributed by atoms with Gasteiger partial charge in [-0.15, -0.1) is 0 Å². The molecular formula is C12H27N. The van der Waals surface area contributed by atoms with Gasteiger partial charge in [0.15, 0.2) is 0 Å². The Hall–Kier alpha value is -0.0400. The third-order valence-corrected chi connectivity index (χ3v) is 3.15. The number of hydrogen-bond donors (Lipinski definition) is 0. The molecule has 0 aliphatic rings. The van der Waals surface area contributed by atoms with Crippen LogP contribution in [0.3, 0.4) is 0 Å². The third kappa shape index (κ3) is 5.30. The fourth-order valence-electron chi connectivity index (χ4n) is 1.48. The Balaban J connectivity index is 3.72. The van der Waals surface area contributed by atoms with Gasteiger partial charge in [-0.05, 0) is 45.2 Å². The smallest absolute Gasteiger partial charge is 0.00384 e. The molecule has 0 rings (SSSR count). The minimum Gasteiger partial charge on any atom is -0.301 e. The van der Waals surface area contributed by atoms with E-state index in [2.05, 4.69) is 46.4 Å². The van der Waals surface area contributed by atoms with Gasteiger partial charge in [-0.2, -0.15) is 0 Å². The lowest BCUT2D eigenvalue weighted by Gasteiger charge is -2.27. The Labute approximate surface area is 84.5 Å². The topological polar surface area (TPSA) is 3.24 Å². The molecule has 1 heteroatoms. The van der Waals surface area contributed by atoms with E-state index in [1.165, 1.54) is 19.5 Å². The maximum atomic E-state index is 2.54. The van der Waals surface area contributed by atoms with Crippen LogP contribution in [0.1, 0.15) is 48.0 Å². The molecule has 0 aliphatic heterocycles. The minimum atomic E-state index is 0.698. The summed E-state index contributed by atoms with van der Waals surface area (Å²) in [5.41, 5.74) is 0. The molecule has 0 saturated carbocycles. The van der Waals surface area contributed by atoms with Gasteiger partial charge < -0.3 is 4.90 Å². The van der Waals surface area contributed by atoms with Crippen LogP contribution in [-0.4, -0.2) is 24.0 Å². The van der Waals surface area contributed by atoms with Gasteiger partial charge in [0.2, 0.25) is 0 Å². The van der Waals surface area contributed by atoms with E-state index in [0.29, 0.717) is 6.04 Å². The highest BCUT2D eigenvalue weighted by atomic mass is 15.1. The standard InChI is InChI=1S/C12H27N/c1-7-13(11(4)5)9-8-12(6)10(2)3/h10-12H,7-9H2,1-6H3. The fourth-order valence-corrected chi connectivity index (χ4v) is 1.48. The molecule has 0 bridgehead atoms. The molecule has 80 valence electrons. The van der Waals surface area contributed by atoms with Crippen LogP contribution in [0, 0.1) is 11.8 Å². The first-order chi connectivity index (χ1) is 5.99. The Morgan fingerprint density at radius 1 is 1.00 bits per heavy atom. The summed E-state index contributed by atoms with van der Waals surface area (Å²) < 4.78 is 0. The van der Waals surface area contributed by atoms with Crippen molar-refractivity contribution in [1.82, 2.24) is 4.90 Å². The van der Waals surface area contributed by atoms with Crippen molar-refractivity contribution in [3.63, 3.8) is 0 Å². The summed E-state index contributed by atoms with van der Waals surface area (Å²) in [6.45, 7) is 16.2. The molecule has 0 N–H and O–H groups in total. The molecule has 1 atom stereocenters. The van der Waals surface area contributed by atoms with Gasteiger partial charge >= 0.3 is 0 Å². The molecule has 0 amide bonds. The zero-order valence-electron chi connectivity index (χ0n) is 10.3. The zero-order valence-corrected chi connectivity index (χ0v) is 10.3. The first kappa shape index (κ1) is 13.0. The second kappa shape index (κ2) is 6.42. The van der Waals surface area contributed by atoms with Crippen molar-refractivity contribution in [2.75, 3.05) is 13.1 Å². The molecular weight excluding hydrogens is 158 g/mol. The van der Waals surface area contributed by atoms with Crippen LogP contribution in [0.4, 0.5) is 0 Å². The summed E-state index contributed by atoms with van der Waals surface area (Å²) >= 11 is 0. The van der Waals surface area contributed by atoms with E-state index in [1.54, 1.807) is 0 Å². The van der Waals surface area contributed by atoms with Crippen molar-refractivity contribution in [3.8, 4) is 0 Å². The molecule has 0 saturated heterocycles. The van der Waals surface area contributed by atoms with E-state index < -0.39 is 0 Å². The van der Waals surface area contributed by atoms with E-state index in [-0.39, 0.29) is 0 Å². The second-order valence-corrected chi connectivity index (χ2v) is 4.73. The summed E-state index contributed by atoms with van der Waals surface area (Å²) in [7, 11) is 0. The molecule has 13 heavy (non-hydrogen) atoms. The molecule has 1 nitrogen and oxygen atoms in total.